The number of carbonyl (C=O) groups is 1. The Balaban J connectivity index is 1.37. The van der Waals surface area contributed by atoms with Crippen molar-refractivity contribution in [3.63, 3.8) is 0 Å². The highest BCUT2D eigenvalue weighted by atomic mass is 35.5. The minimum absolute atomic E-state index is 0.0442. The van der Waals surface area contributed by atoms with Gasteiger partial charge in [-0.2, -0.15) is 0 Å². The van der Waals surface area contributed by atoms with E-state index in [9.17, 15) is 4.79 Å². The molecule has 2 aromatic carbocycles. The molecule has 28 heavy (non-hydrogen) atoms. The van der Waals surface area contributed by atoms with E-state index in [-0.39, 0.29) is 5.91 Å². The third-order valence-electron chi connectivity index (χ3n) is 4.90. The molecule has 4 nitrogen and oxygen atoms in total. The van der Waals surface area contributed by atoms with Crippen molar-refractivity contribution in [2.45, 2.75) is 0 Å². The third-order valence-corrected chi connectivity index (χ3v) is 5.21. The third kappa shape index (κ3) is 4.12. The zero-order valence-corrected chi connectivity index (χ0v) is 16.2. The van der Waals surface area contributed by atoms with E-state index in [4.69, 9.17) is 16.0 Å². The van der Waals surface area contributed by atoms with Crippen molar-refractivity contribution in [3.05, 3.63) is 83.6 Å². The molecule has 2 heterocycles. The van der Waals surface area contributed by atoms with Gasteiger partial charge in [-0.05, 0) is 42.0 Å². The Kier molecular flexibility index (Phi) is 5.49. The standard InChI is InChI=1S/C23H21ClN2O2/c24-20-17-19(22-7-4-16-28-22)9-10-21(20)25-12-14-26(15-13-25)23(27)11-8-18-5-2-1-3-6-18/h1-11,16-17H,12-15H2. The van der Waals surface area contributed by atoms with Crippen molar-refractivity contribution in [1.29, 1.82) is 0 Å². The smallest absolute Gasteiger partial charge is 0.246 e. The van der Waals surface area contributed by atoms with Gasteiger partial charge in [-0.25, -0.2) is 0 Å². The van der Waals surface area contributed by atoms with Crippen molar-refractivity contribution in [3.8, 4) is 11.3 Å². The van der Waals surface area contributed by atoms with Gasteiger partial charge in [0.05, 0.1) is 17.0 Å². The number of furan rings is 1. The van der Waals surface area contributed by atoms with E-state index in [1.807, 2.05) is 71.6 Å². The minimum Gasteiger partial charge on any atom is -0.464 e. The van der Waals surface area contributed by atoms with Gasteiger partial charge in [0.15, 0.2) is 0 Å². The van der Waals surface area contributed by atoms with Gasteiger partial charge in [0.2, 0.25) is 5.91 Å². The molecule has 0 aliphatic carbocycles. The van der Waals surface area contributed by atoms with Crippen LogP contribution in [0.2, 0.25) is 5.02 Å². The molecule has 1 aliphatic rings. The molecule has 0 N–H and O–H groups in total. The molecule has 0 unspecified atom stereocenters. The Bertz CT molecular complexity index is 960. The van der Waals surface area contributed by atoms with Gasteiger partial charge >= 0.3 is 0 Å². The summed E-state index contributed by atoms with van der Waals surface area (Å²) in [5.41, 5.74) is 2.97. The van der Waals surface area contributed by atoms with E-state index in [1.54, 1.807) is 12.3 Å². The van der Waals surface area contributed by atoms with Crippen LogP contribution in [0.15, 0.2) is 77.4 Å². The lowest BCUT2D eigenvalue weighted by atomic mass is 10.1. The number of hydrogen-bond donors (Lipinski definition) is 0. The van der Waals surface area contributed by atoms with Crippen molar-refractivity contribution < 1.29 is 9.21 Å². The predicted octanol–water partition coefficient (Wildman–Crippen LogP) is 4.96. The van der Waals surface area contributed by atoms with Crippen LogP contribution in [0.4, 0.5) is 5.69 Å². The molecule has 0 saturated carbocycles. The maximum absolute atomic E-state index is 12.4. The number of nitrogens with zero attached hydrogens (tertiary/aromatic N) is 2. The second-order valence-corrected chi connectivity index (χ2v) is 7.11. The first-order valence-corrected chi connectivity index (χ1v) is 9.69. The van der Waals surface area contributed by atoms with Gasteiger partial charge in [0, 0.05) is 37.8 Å². The van der Waals surface area contributed by atoms with E-state index in [0.29, 0.717) is 18.1 Å². The summed E-state index contributed by atoms with van der Waals surface area (Å²) in [6, 6.07) is 19.6. The molecular formula is C23H21ClN2O2. The summed E-state index contributed by atoms with van der Waals surface area (Å²) < 4.78 is 5.43. The monoisotopic (exact) mass is 392 g/mol. The molecule has 1 aliphatic heterocycles. The van der Waals surface area contributed by atoms with Crippen molar-refractivity contribution in [2.24, 2.45) is 0 Å². The van der Waals surface area contributed by atoms with E-state index in [1.165, 1.54) is 0 Å². The Morgan fingerprint density at radius 2 is 1.75 bits per heavy atom. The lowest BCUT2D eigenvalue weighted by molar-refractivity contribution is -0.126. The van der Waals surface area contributed by atoms with Crippen LogP contribution in [0.5, 0.6) is 0 Å². The van der Waals surface area contributed by atoms with Crippen LogP contribution in [0.1, 0.15) is 5.56 Å². The fourth-order valence-corrected chi connectivity index (χ4v) is 3.66. The Morgan fingerprint density at radius 1 is 0.964 bits per heavy atom. The molecule has 5 heteroatoms. The fourth-order valence-electron chi connectivity index (χ4n) is 3.36. The van der Waals surface area contributed by atoms with E-state index >= 15 is 0 Å². The summed E-state index contributed by atoms with van der Waals surface area (Å²) in [4.78, 5) is 16.5. The van der Waals surface area contributed by atoms with E-state index < -0.39 is 0 Å². The Morgan fingerprint density at radius 3 is 2.43 bits per heavy atom. The molecule has 0 bridgehead atoms. The molecule has 0 radical (unpaired) electrons. The number of halogens is 1. The average molecular weight is 393 g/mol. The lowest BCUT2D eigenvalue weighted by Gasteiger charge is -2.36. The quantitative estimate of drug-likeness (QED) is 0.589. The number of anilines is 1. The molecule has 0 spiro atoms. The fraction of sp³-hybridized carbons (Fsp3) is 0.174. The van der Waals surface area contributed by atoms with Crippen molar-refractivity contribution in [1.82, 2.24) is 4.90 Å². The SMILES string of the molecule is O=C(C=Cc1ccccc1)N1CCN(c2ccc(-c3ccco3)cc2Cl)CC1. The zero-order valence-electron chi connectivity index (χ0n) is 15.4. The number of rotatable bonds is 4. The summed E-state index contributed by atoms with van der Waals surface area (Å²) in [6.07, 6.45) is 5.16. The van der Waals surface area contributed by atoms with Crippen LogP contribution in [0.25, 0.3) is 17.4 Å². The molecule has 1 aromatic heterocycles. The van der Waals surface area contributed by atoms with Gasteiger partial charge in [-0.3, -0.25) is 4.79 Å². The van der Waals surface area contributed by atoms with Gasteiger partial charge in [-0.15, -0.1) is 0 Å². The number of amides is 1. The highest BCUT2D eigenvalue weighted by Crippen LogP contribution is 2.32. The number of carbonyl (C=O) groups excluding carboxylic acids is 1. The molecule has 1 amide bonds. The molecule has 4 rings (SSSR count). The first kappa shape index (κ1) is 18.4. The summed E-state index contributed by atoms with van der Waals surface area (Å²) in [5, 5.41) is 0.692. The van der Waals surface area contributed by atoms with Crippen LogP contribution >= 0.6 is 11.6 Å². The largest absolute Gasteiger partial charge is 0.464 e. The molecule has 3 aromatic rings. The first-order valence-electron chi connectivity index (χ1n) is 9.31. The molecule has 1 fully saturated rings. The van der Waals surface area contributed by atoms with Gasteiger partial charge in [-0.1, -0.05) is 41.9 Å². The predicted molar refractivity (Wildman–Crippen MR) is 113 cm³/mol. The highest BCUT2D eigenvalue weighted by Gasteiger charge is 2.21. The molecule has 0 atom stereocenters. The van der Waals surface area contributed by atoms with Gasteiger partial charge < -0.3 is 14.2 Å². The van der Waals surface area contributed by atoms with Gasteiger partial charge in [0.25, 0.3) is 0 Å². The number of piperazine rings is 1. The van der Waals surface area contributed by atoms with Crippen molar-refractivity contribution >= 4 is 29.3 Å². The minimum atomic E-state index is 0.0442. The van der Waals surface area contributed by atoms with Gasteiger partial charge in [0.1, 0.15) is 5.76 Å². The summed E-state index contributed by atoms with van der Waals surface area (Å²) >= 11 is 6.52. The zero-order chi connectivity index (χ0) is 19.3. The summed E-state index contributed by atoms with van der Waals surface area (Å²) in [5.74, 6) is 0.844. The van der Waals surface area contributed by atoms with E-state index in [2.05, 4.69) is 4.90 Å². The van der Waals surface area contributed by atoms with E-state index in [0.717, 1.165) is 35.7 Å². The van der Waals surface area contributed by atoms with Crippen molar-refractivity contribution in [2.75, 3.05) is 31.1 Å². The van der Waals surface area contributed by atoms with Crippen LogP contribution in [-0.2, 0) is 4.79 Å². The molecular weight excluding hydrogens is 372 g/mol. The molecule has 142 valence electrons. The normalized spacial score (nSPS) is 14.6. The second kappa shape index (κ2) is 8.36. The van der Waals surface area contributed by atoms with Crippen LogP contribution < -0.4 is 4.90 Å². The maximum Gasteiger partial charge on any atom is 0.246 e. The summed E-state index contributed by atoms with van der Waals surface area (Å²) in [6.45, 7) is 2.86. The average Bonchev–Trinajstić information content (AvgIpc) is 3.28. The second-order valence-electron chi connectivity index (χ2n) is 6.70. The number of hydrogen-bond acceptors (Lipinski definition) is 3. The Hall–Kier alpha value is -2.98. The first-order chi connectivity index (χ1) is 13.7. The lowest BCUT2D eigenvalue weighted by Crippen LogP contribution is -2.48. The number of benzene rings is 2. The topological polar surface area (TPSA) is 36.7 Å². The molecule has 1 saturated heterocycles. The van der Waals surface area contributed by atoms with Crippen LogP contribution in [0.3, 0.4) is 0 Å². The van der Waals surface area contributed by atoms with Crippen LogP contribution in [-0.4, -0.2) is 37.0 Å². The van der Waals surface area contributed by atoms with Crippen LogP contribution in [0, 0.1) is 0 Å². The Labute approximate surface area is 169 Å². The maximum atomic E-state index is 12.4. The summed E-state index contributed by atoms with van der Waals surface area (Å²) in [7, 11) is 0. The highest BCUT2D eigenvalue weighted by molar-refractivity contribution is 6.33.